The summed E-state index contributed by atoms with van der Waals surface area (Å²) in [6.45, 7) is 1.44. The Morgan fingerprint density at radius 2 is 2.09 bits per heavy atom. The highest BCUT2D eigenvalue weighted by Gasteiger charge is 2.69. The first-order chi connectivity index (χ1) is 15.6. The summed E-state index contributed by atoms with van der Waals surface area (Å²) in [6, 6.07) is 0.446. The minimum atomic E-state index is -1.82. The molecule has 3 heterocycles. The van der Waals surface area contributed by atoms with Crippen molar-refractivity contribution in [2.24, 2.45) is 5.92 Å². The third-order valence-electron chi connectivity index (χ3n) is 6.03. The number of nitrogens with one attached hydrogen (secondary N) is 1. The summed E-state index contributed by atoms with van der Waals surface area (Å²) in [6.07, 6.45) is -1.25. The molecule has 6 atom stereocenters. The van der Waals surface area contributed by atoms with E-state index in [1.165, 1.54) is 14.0 Å². The van der Waals surface area contributed by atoms with Crippen LogP contribution in [0.4, 0.5) is 4.39 Å². The lowest BCUT2D eigenvalue weighted by atomic mass is 9.88. The zero-order valence-electron chi connectivity index (χ0n) is 19.1. The van der Waals surface area contributed by atoms with Gasteiger partial charge < -0.3 is 34.0 Å². The molecule has 2 N–H and O–H groups in total. The fourth-order valence-electron chi connectivity index (χ4n) is 4.25. The summed E-state index contributed by atoms with van der Waals surface area (Å²) >= 11 is 0. The zero-order valence-corrected chi connectivity index (χ0v) is 19.1. The van der Waals surface area contributed by atoms with Crippen molar-refractivity contribution in [1.29, 1.82) is 0 Å². The molecule has 0 saturated carbocycles. The van der Waals surface area contributed by atoms with E-state index in [-0.39, 0.29) is 5.92 Å². The van der Waals surface area contributed by atoms with E-state index in [2.05, 4.69) is 5.23 Å². The van der Waals surface area contributed by atoms with Crippen LogP contribution in [-0.2, 0) is 35.2 Å². The second kappa shape index (κ2) is 9.64. The number of halogens is 1. The number of aliphatic hydroxyl groups excluding tert-OH is 1. The zero-order chi connectivity index (χ0) is 24.6. The molecule has 0 aliphatic carbocycles. The topological polar surface area (TPSA) is 139 Å². The van der Waals surface area contributed by atoms with Gasteiger partial charge in [0.15, 0.2) is 26.5 Å². The van der Waals surface area contributed by atoms with Gasteiger partial charge in [0.05, 0.1) is 12.6 Å². The van der Waals surface area contributed by atoms with Gasteiger partial charge in [-0.2, -0.15) is 0 Å². The molecule has 2 aliphatic heterocycles. The lowest BCUT2D eigenvalue weighted by Crippen LogP contribution is -2.51. The van der Waals surface area contributed by atoms with Crippen LogP contribution < -0.4 is 16.5 Å². The molecule has 0 bridgehead atoms. The van der Waals surface area contributed by atoms with Crippen molar-refractivity contribution < 1.29 is 38.0 Å². The Kier molecular flexibility index (Phi) is 7.46. The van der Waals surface area contributed by atoms with Crippen LogP contribution in [0.25, 0.3) is 0 Å². The summed E-state index contributed by atoms with van der Waals surface area (Å²) < 4.78 is 43.1. The molecule has 3 rings (SSSR count). The van der Waals surface area contributed by atoms with Crippen molar-refractivity contribution in [3.05, 3.63) is 33.1 Å². The van der Waals surface area contributed by atoms with Gasteiger partial charge >= 0.3 is 11.7 Å². The van der Waals surface area contributed by atoms with Crippen LogP contribution >= 0.6 is 0 Å². The average Bonchev–Trinajstić information content (AvgIpc) is 3.24. The van der Waals surface area contributed by atoms with E-state index in [9.17, 15) is 23.9 Å². The number of esters is 1. The second-order valence-corrected chi connectivity index (χ2v) is 8.54. The SMILES string of the molecule is BNC(C(=O)OCn1c(=O)ccn([C@@H]2O[C@@](CO)(CF)[C@H]3OC(OC)O[C@]32C)c1=O)C(C)C. The Morgan fingerprint density at radius 1 is 1.39 bits per heavy atom. The highest BCUT2D eigenvalue weighted by Crippen LogP contribution is 2.52. The number of aliphatic hydroxyl groups is 1. The third kappa shape index (κ3) is 4.26. The molecule has 0 aromatic carbocycles. The smallest absolute Gasteiger partial charge is 0.336 e. The number of hydrogen-bond acceptors (Lipinski definition) is 10. The number of alkyl halides is 1. The van der Waals surface area contributed by atoms with Gasteiger partial charge in [-0.3, -0.25) is 14.2 Å². The fourth-order valence-corrected chi connectivity index (χ4v) is 4.25. The van der Waals surface area contributed by atoms with E-state index >= 15 is 0 Å². The van der Waals surface area contributed by atoms with Crippen LogP contribution in [0.15, 0.2) is 21.9 Å². The Balaban J connectivity index is 1.96. The van der Waals surface area contributed by atoms with Crippen molar-refractivity contribution in [2.45, 2.75) is 63.6 Å². The lowest BCUT2D eigenvalue weighted by Gasteiger charge is -2.28. The summed E-state index contributed by atoms with van der Waals surface area (Å²) in [7, 11) is 2.91. The maximum atomic E-state index is 14.0. The monoisotopic (exact) mass is 473 g/mol. The number of carbonyl (C=O) groups is 1. The number of rotatable bonds is 9. The van der Waals surface area contributed by atoms with Crippen molar-refractivity contribution in [3.8, 4) is 0 Å². The summed E-state index contributed by atoms with van der Waals surface area (Å²) in [5.74, 6) is -0.721. The van der Waals surface area contributed by atoms with Gasteiger partial charge in [-0.15, -0.1) is 0 Å². The number of ether oxygens (including phenoxy) is 5. The van der Waals surface area contributed by atoms with Gasteiger partial charge in [-0.25, -0.2) is 13.8 Å². The van der Waals surface area contributed by atoms with E-state index in [1.54, 1.807) is 7.98 Å². The largest absolute Gasteiger partial charge is 0.442 e. The number of aromatic nitrogens is 2. The molecule has 2 aliphatic rings. The molecule has 14 heteroatoms. The number of hydrogen-bond donors (Lipinski definition) is 2. The van der Waals surface area contributed by atoms with Crippen molar-refractivity contribution in [3.63, 3.8) is 0 Å². The Labute approximate surface area is 189 Å². The average molecular weight is 473 g/mol. The molecule has 0 radical (unpaired) electrons. The molecule has 0 spiro atoms. The van der Waals surface area contributed by atoms with Gasteiger partial charge in [0.1, 0.15) is 18.4 Å². The molecule has 184 valence electrons. The minimum absolute atomic E-state index is 0.0871. The van der Waals surface area contributed by atoms with Crippen LogP contribution in [0.2, 0.25) is 0 Å². The molecule has 1 aromatic heterocycles. The van der Waals surface area contributed by atoms with E-state index in [1.807, 2.05) is 13.8 Å². The van der Waals surface area contributed by atoms with Crippen molar-refractivity contribution >= 4 is 14.0 Å². The normalized spacial score (nSPS) is 32.2. The maximum Gasteiger partial charge on any atom is 0.336 e. The standard InChI is InChI=1S/C19H29BFN3O9/c1-10(2)12(22-20)13(27)30-9-24-11(26)5-6-23(16(24)28)15-18(3)14(31-17(29-4)33-18)19(7-21,8-25)32-15/h5-6,10,12,14-15,17,22,25H,7-9,20H2,1-4H3/t12?,14-,15+,17?,18+,19+/m0/s1. The molecule has 2 fully saturated rings. The summed E-state index contributed by atoms with van der Waals surface area (Å²) in [5.41, 5.74) is -4.88. The fraction of sp³-hybridized carbons (Fsp3) is 0.737. The number of methoxy groups -OCH3 is 1. The van der Waals surface area contributed by atoms with Gasteiger partial charge in [0.25, 0.3) is 12.0 Å². The third-order valence-corrected chi connectivity index (χ3v) is 6.03. The van der Waals surface area contributed by atoms with Gasteiger partial charge in [-0.1, -0.05) is 13.8 Å². The van der Waals surface area contributed by atoms with E-state index in [4.69, 9.17) is 23.7 Å². The molecule has 33 heavy (non-hydrogen) atoms. The number of nitrogens with zero attached hydrogens (tertiary/aromatic N) is 2. The van der Waals surface area contributed by atoms with Gasteiger partial charge in [0.2, 0.25) is 0 Å². The first-order valence-electron chi connectivity index (χ1n) is 10.4. The summed E-state index contributed by atoms with van der Waals surface area (Å²) in [5, 5.41) is 12.7. The lowest BCUT2D eigenvalue weighted by molar-refractivity contribution is -0.283. The molecule has 2 saturated heterocycles. The van der Waals surface area contributed by atoms with E-state index in [0.717, 1.165) is 16.8 Å². The van der Waals surface area contributed by atoms with Crippen LogP contribution in [-0.4, -0.2) is 78.4 Å². The second-order valence-electron chi connectivity index (χ2n) is 8.54. The highest BCUT2D eigenvalue weighted by atomic mass is 19.1. The minimum Gasteiger partial charge on any atom is -0.442 e. The molecular formula is C19H29BFN3O9. The maximum absolute atomic E-state index is 14.0. The number of carbonyl (C=O) groups excluding carboxylic acids is 1. The van der Waals surface area contributed by atoms with Crippen LogP contribution in [0, 0.1) is 5.92 Å². The van der Waals surface area contributed by atoms with Crippen LogP contribution in [0.3, 0.4) is 0 Å². The predicted octanol–water partition coefficient (Wildman–Crippen LogP) is -1.99. The number of fused-ring (bicyclic) bond motifs is 1. The van der Waals surface area contributed by atoms with Gasteiger partial charge in [0, 0.05) is 19.4 Å². The highest BCUT2D eigenvalue weighted by molar-refractivity contribution is 6.06. The Hall–Kier alpha value is -2.10. The van der Waals surface area contributed by atoms with E-state index < -0.39 is 73.3 Å². The summed E-state index contributed by atoms with van der Waals surface area (Å²) in [4.78, 5) is 37.9. The first-order valence-corrected chi connectivity index (χ1v) is 10.4. The molecule has 0 amide bonds. The molecule has 12 nitrogen and oxygen atoms in total. The van der Waals surface area contributed by atoms with Crippen LogP contribution in [0.5, 0.6) is 0 Å². The van der Waals surface area contributed by atoms with Crippen molar-refractivity contribution in [2.75, 3.05) is 20.4 Å². The Morgan fingerprint density at radius 3 is 2.64 bits per heavy atom. The van der Waals surface area contributed by atoms with E-state index in [0.29, 0.717) is 4.57 Å². The Bertz CT molecular complexity index is 982. The molecule has 2 unspecified atom stereocenters. The first kappa shape index (κ1) is 25.5. The molecular weight excluding hydrogens is 444 g/mol. The van der Waals surface area contributed by atoms with Crippen LogP contribution in [0.1, 0.15) is 27.0 Å². The van der Waals surface area contributed by atoms with Crippen molar-refractivity contribution in [1.82, 2.24) is 14.4 Å². The molecule has 1 aromatic rings. The predicted molar refractivity (Wildman–Crippen MR) is 112 cm³/mol. The quantitative estimate of drug-likeness (QED) is 0.306. The van der Waals surface area contributed by atoms with Gasteiger partial charge in [-0.05, 0) is 12.8 Å².